The first-order valence-corrected chi connectivity index (χ1v) is 7.96. The lowest BCUT2D eigenvalue weighted by Gasteiger charge is -2.23. The predicted molar refractivity (Wildman–Crippen MR) is 88.1 cm³/mol. The van der Waals surface area contributed by atoms with Gasteiger partial charge in [-0.2, -0.15) is 0 Å². The number of nitrogens with one attached hydrogen (secondary N) is 1. The maximum Gasteiger partial charge on any atom is 0.253 e. The molecule has 0 bridgehead atoms. The first-order valence-electron chi connectivity index (χ1n) is 7.96. The van der Waals surface area contributed by atoms with E-state index in [2.05, 4.69) is 5.32 Å². The molecule has 4 heteroatoms. The molecule has 120 valence electrons. The number of hydrogen-bond acceptors (Lipinski definition) is 3. The van der Waals surface area contributed by atoms with Crippen LogP contribution in [0.2, 0.25) is 0 Å². The quantitative estimate of drug-likeness (QED) is 0.833. The minimum atomic E-state index is -1.04. The Kier molecular flexibility index (Phi) is 4.63. The number of hydrogen-bond donors (Lipinski definition) is 2. The van der Waals surface area contributed by atoms with Crippen molar-refractivity contribution in [1.82, 2.24) is 5.32 Å². The maximum absolute atomic E-state index is 12.2. The number of ether oxygens (including phenoxy) is 1. The third kappa shape index (κ3) is 4.11. The highest BCUT2D eigenvalue weighted by Crippen LogP contribution is 2.27. The van der Waals surface area contributed by atoms with E-state index in [9.17, 15) is 9.90 Å². The third-order valence-electron chi connectivity index (χ3n) is 4.14. The Bertz CT molecular complexity index is 646. The van der Waals surface area contributed by atoms with E-state index in [0.717, 1.165) is 18.4 Å². The van der Waals surface area contributed by atoms with Gasteiger partial charge in [-0.3, -0.25) is 4.79 Å². The molecule has 0 unspecified atom stereocenters. The van der Waals surface area contributed by atoms with Crippen LogP contribution in [0.1, 0.15) is 41.6 Å². The smallest absolute Gasteiger partial charge is 0.253 e. The standard InChI is InChI=1S/C19H21NO3/c21-18(20-19(22)12-4-5-13-19)16-8-10-17(11-9-16)23-14-15-6-2-1-3-7-15/h1-3,6-11,22H,4-5,12-14H2,(H,20,21). The Labute approximate surface area is 136 Å². The molecule has 0 saturated heterocycles. The predicted octanol–water partition coefficient (Wildman–Crippen LogP) is 3.26. The van der Waals surface area contributed by atoms with Crippen LogP contribution in [0.3, 0.4) is 0 Å². The van der Waals surface area contributed by atoms with Crippen LogP contribution in [0.5, 0.6) is 5.75 Å². The lowest BCUT2D eigenvalue weighted by Crippen LogP contribution is -2.46. The summed E-state index contributed by atoms with van der Waals surface area (Å²) < 4.78 is 5.70. The Morgan fingerprint density at radius 2 is 1.70 bits per heavy atom. The van der Waals surface area contributed by atoms with Gasteiger partial charge in [-0.05, 0) is 55.5 Å². The molecule has 1 aliphatic carbocycles. The molecule has 0 atom stereocenters. The normalized spacial score (nSPS) is 16.0. The Morgan fingerprint density at radius 1 is 1.04 bits per heavy atom. The van der Waals surface area contributed by atoms with E-state index in [4.69, 9.17) is 4.74 Å². The second-order valence-electron chi connectivity index (χ2n) is 5.99. The third-order valence-corrected chi connectivity index (χ3v) is 4.14. The van der Waals surface area contributed by atoms with Crippen molar-refractivity contribution in [3.8, 4) is 5.75 Å². The SMILES string of the molecule is O=C(NC1(O)CCCC1)c1ccc(OCc2ccccc2)cc1. The van der Waals surface area contributed by atoms with Gasteiger partial charge >= 0.3 is 0 Å². The van der Waals surface area contributed by atoms with E-state index in [-0.39, 0.29) is 5.91 Å². The molecule has 23 heavy (non-hydrogen) atoms. The fourth-order valence-electron chi connectivity index (χ4n) is 2.81. The summed E-state index contributed by atoms with van der Waals surface area (Å²) in [6, 6.07) is 16.9. The molecular formula is C19H21NO3. The molecule has 0 spiro atoms. The molecule has 4 nitrogen and oxygen atoms in total. The van der Waals surface area contributed by atoms with Gasteiger partial charge in [-0.15, -0.1) is 0 Å². The average Bonchev–Trinajstić information content (AvgIpc) is 3.00. The molecule has 1 aliphatic rings. The lowest BCUT2D eigenvalue weighted by atomic mass is 10.1. The molecule has 0 aromatic heterocycles. The van der Waals surface area contributed by atoms with E-state index in [1.165, 1.54) is 0 Å². The number of benzene rings is 2. The van der Waals surface area contributed by atoms with E-state index >= 15 is 0 Å². The molecule has 3 rings (SSSR count). The highest BCUT2D eigenvalue weighted by atomic mass is 16.5. The summed E-state index contributed by atoms with van der Waals surface area (Å²) in [7, 11) is 0. The lowest BCUT2D eigenvalue weighted by molar-refractivity contribution is 0.0135. The summed E-state index contributed by atoms with van der Waals surface area (Å²) in [4.78, 5) is 12.2. The van der Waals surface area contributed by atoms with Gasteiger partial charge in [0.1, 0.15) is 18.1 Å². The number of amides is 1. The van der Waals surface area contributed by atoms with Gasteiger partial charge in [-0.1, -0.05) is 30.3 Å². The van der Waals surface area contributed by atoms with Gasteiger partial charge < -0.3 is 15.2 Å². The van der Waals surface area contributed by atoms with E-state index in [0.29, 0.717) is 30.8 Å². The highest BCUT2D eigenvalue weighted by molar-refractivity contribution is 5.94. The van der Waals surface area contributed by atoms with Crippen molar-refractivity contribution in [2.24, 2.45) is 0 Å². The van der Waals surface area contributed by atoms with Crippen LogP contribution in [-0.4, -0.2) is 16.7 Å². The zero-order chi connectivity index (χ0) is 16.1. The van der Waals surface area contributed by atoms with Crippen molar-refractivity contribution in [3.63, 3.8) is 0 Å². The van der Waals surface area contributed by atoms with Crippen LogP contribution in [0.25, 0.3) is 0 Å². The molecule has 0 aliphatic heterocycles. The minimum Gasteiger partial charge on any atom is -0.489 e. The molecular weight excluding hydrogens is 290 g/mol. The van der Waals surface area contributed by atoms with Crippen molar-refractivity contribution in [3.05, 3.63) is 65.7 Å². The van der Waals surface area contributed by atoms with Gasteiger partial charge in [0.05, 0.1) is 0 Å². The Hall–Kier alpha value is -2.33. The zero-order valence-corrected chi connectivity index (χ0v) is 13.0. The van der Waals surface area contributed by atoms with E-state index in [1.54, 1.807) is 24.3 Å². The summed E-state index contributed by atoms with van der Waals surface area (Å²) >= 11 is 0. The van der Waals surface area contributed by atoms with Gasteiger partial charge in [0.25, 0.3) is 5.91 Å². The van der Waals surface area contributed by atoms with Crippen LogP contribution in [0.15, 0.2) is 54.6 Å². The largest absolute Gasteiger partial charge is 0.489 e. The number of carbonyl (C=O) groups excluding carboxylic acids is 1. The van der Waals surface area contributed by atoms with Crippen molar-refractivity contribution in [2.75, 3.05) is 0 Å². The van der Waals surface area contributed by atoms with Gasteiger partial charge in [-0.25, -0.2) is 0 Å². The first-order chi connectivity index (χ1) is 11.1. The summed E-state index contributed by atoms with van der Waals surface area (Å²) in [5.41, 5.74) is 0.578. The van der Waals surface area contributed by atoms with Crippen molar-refractivity contribution in [1.29, 1.82) is 0 Å². The van der Waals surface area contributed by atoms with Crippen LogP contribution >= 0.6 is 0 Å². The first kappa shape index (κ1) is 15.6. The van der Waals surface area contributed by atoms with Crippen LogP contribution in [0, 0.1) is 0 Å². The maximum atomic E-state index is 12.2. The van der Waals surface area contributed by atoms with E-state index in [1.807, 2.05) is 30.3 Å². The van der Waals surface area contributed by atoms with Gasteiger partial charge in [0, 0.05) is 5.56 Å². The summed E-state index contributed by atoms with van der Waals surface area (Å²) in [5, 5.41) is 13.0. The second-order valence-corrected chi connectivity index (χ2v) is 5.99. The van der Waals surface area contributed by atoms with Crippen molar-refractivity contribution < 1.29 is 14.6 Å². The van der Waals surface area contributed by atoms with Crippen molar-refractivity contribution in [2.45, 2.75) is 38.0 Å². The molecule has 2 aromatic carbocycles. The van der Waals surface area contributed by atoms with Crippen molar-refractivity contribution >= 4 is 5.91 Å². The summed E-state index contributed by atoms with van der Waals surface area (Å²) in [5.74, 6) is 0.467. The van der Waals surface area contributed by atoms with Gasteiger partial charge in [0.2, 0.25) is 0 Å². The number of carbonyl (C=O) groups is 1. The van der Waals surface area contributed by atoms with Gasteiger partial charge in [0.15, 0.2) is 0 Å². The van der Waals surface area contributed by atoms with E-state index < -0.39 is 5.72 Å². The number of rotatable bonds is 5. The fraction of sp³-hybridized carbons (Fsp3) is 0.316. The number of aliphatic hydroxyl groups is 1. The van der Waals surface area contributed by atoms with Crippen LogP contribution in [0.4, 0.5) is 0 Å². The summed E-state index contributed by atoms with van der Waals surface area (Å²) in [6.45, 7) is 0.492. The zero-order valence-electron chi connectivity index (χ0n) is 13.0. The molecule has 2 N–H and O–H groups in total. The molecule has 1 fully saturated rings. The minimum absolute atomic E-state index is 0.246. The fourth-order valence-corrected chi connectivity index (χ4v) is 2.81. The molecule has 1 saturated carbocycles. The Morgan fingerprint density at radius 3 is 2.35 bits per heavy atom. The van der Waals surface area contributed by atoms with Crippen LogP contribution in [-0.2, 0) is 6.61 Å². The molecule has 0 heterocycles. The highest BCUT2D eigenvalue weighted by Gasteiger charge is 2.32. The monoisotopic (exact) mass is 311 g/mol. The molecule has 0 radical (unpaired) electrons. The average molecular weight is 311 g/mol. The van der Waals surface area contributed by atoms with Crippen LogP contribution < -0.4 is 10.1 Å². The summed E-state index contributed by atoms with van der Waals surface area (Å²) in [6.07, 6.45) is 3.14. The molecule has 1 amide bonds. The Balaban J connectivity index is 1.57. The second kappa shape index (κ2) is 6.84. The molecule has 2 aromatic rings. The topological polar surface area (TPSA) is 58.6 Å².